The van der Waals surface area contributed by atoms with Crippen LogP contribution in [-0.2, 0) is 4.74 Å². The summed E-state index contributed by atoms with van der Waals surface area (Å²) in [5.41, 5.74) is -1.47. The number of benzene rings is 2. The summed E-state index contributed by atoms with van der Waals surface area (Å²) < 4.78 is 83.3. The van der Waals surface area contributed by atoms with Crippen LogP contribution in [0.5, 0.6) is 0 Å². The molecule has 0 aliphatic heterocycles. The first-order valence-corrected chi connectivity index (χ1v) is 9.07. The van der Waals surface area contributed by atoms with Crippen LogP contribution in [0.15, 0.2) is 41.3 Å². The van der Waals surface area contributed by atoms with Crippen molar-refractivity contribution < 1.29 is 40.7 Å². The molecule has 2 aromatic carbocycles. The lowest BCUT2D eigenvalue weighted by Gasteiger charge is -2.21. The molecular weight excluding hydrogens is 438 g/mol. The van der Waals surface area contributed by atoms with Gasteiger partial charge in [-0.15, -0.1) is 11.8 Å². The minimum atomic E-state index is -4.45. The first-order chi connectivity index (χ1) is 14.0. The summed E-state index contributed by atoms with van der Waals surface area (Å²) in [6.45, 7) is -0.709. The molecule has 0 aliphatic rings. The summed E-state index contributed by atoms with van der Waals surface area (Å²) in [7, 11) is 1.11. The van der Waals surface area contributed by atoms with Crippen molar-refractivity contribution in [3.63, 3.8) is 0 Å². The number of urea groups is 1. The number of carbonyl (C=O) groups excluding carboxylic acids is 2. The van der Waals surface area contributed by atoms with Gasteiger partial charge in [-0.25, -0.2) is 22.9 Å². The van der Waals surface area contributed by atoms with Gasteiger partial charge >= 0.3 is 12.2 Å². The van der Waals surface area contributed by atoms with Gasteiger partial charge in [0.05, 0.1) is 11.4 Å². The van der Waals surface area contributed by atoms with Gasteiger partial charge in [0.25, 0.3) is 5.91 Å². The zero-order valence-corrected chi connectivity index (χ0v) is 16.0. The van der Waals surface area contributed by atoms with Crippen LogP contribution in [0.25, 0.3) is 0 Å². The van der Waals surface area contributed by atoms with Gasteiger partial charge in [-0.3, -0.25) is 4.79 Å². The fourth-order valence-corrected chi connectivity index (χ4v) is 2.89. The van der Waals surface area contributed by atoms with E-state index in [1.165, 1.54) is 0 Å². The molecule has 162 valence electrons. The van der Waals surface area contributed by atoms with Crippen molar-refractivity contribution in [2.45, 2.75) is 11.1 Å². The fourth-order valence-electron chi connectivity index (χ4n) is 2.21. The molecule has 0 spiro atoms. The van der Waals surface area contributed by atoms with E-state index in [1.807, 2.05) is 5.32 Å². The second kappa shape index (κ2) is 9.85. The zero-order chi connectivity index (χ0) is 22.5. The van der Waals surface area contributed by atoms with E-state index in [0.29, 0.717) is 16.7 Å². The van der Waals surface area contributed by atoms with Gasteiger partial charge < -0.3 is 10.1 Å². The molecule has 1 N–H and O–H groups in total. The van der Waals surface area contributed by atoms with E-state index in [-0.39, 0.29) is 4.90 Å². The number of alkyl halides is 3. The number of hydrogen-bond donors (Lipinski definition) is 1. The first kappa shape index (κ1) is 23.5. The van der Waals surface area contributed by atoms with E-state index in [0.717, 1.165) is 43.5 Å². The highest BCUT2D eigenvalue weighted by Gasteiger charge is 2.29. The van der Waals surface area contributed by atoms with E-state index in [2.05, 4.69) is 0 Å². The second-order valence-electron chi connectivity index (χ2n) is 5.72. The maximum Gasteiger partial charge on any atom is 0.398 e. The van der Waals surface area contributed by atoms with Gasteiger partial charge in [0, 0.05) is 12.0 Å². The molecule has 0 unspecified atom stereocenters. The SMILES string of the molecule is COCN(C(=O)Nc1ccc(SCC(F)(F)F)cc1F)C(=O)c1c(F)cccc1F. The average Bonchev–Trinajstić information content (AvgIpc) is 2.65. The van der Waals surface area contributed by atoms with Gasteiger partial charge in [0.15, 0.2) is 0 Å². The number of hydrogen-bond acceptors (Lipinski definition) is 4. The van der Waals surface area contributed by atoms with Crippen molar-refractivity contribution in [2.24, 2.45) is 0 Å². The molecule has 0 aliphatic carbocycles. The predicted molar refractivity (Wildman–Crippen MR) is 96.6 cm³/mol. The number of ether oxygens (including phenoxy) is 1. The summed E-state index contributed by atoms with van der Waals surface area (Å²) in [5.74, 6) is -6.11. The van der Waals surface area contributed by atoms with E-state index in [9.17, 15) is 35.9 Å². The Bertz CT molecular complexity index is 918. The van der Waals surface area contributed by atoms with Crippen LogP contribution in [0.3, 0.4) is 0 Å². The Hall–Kier alpha value is -2.73. The number of nitrogens with one attached hydrogen (secondary N) is 1. The van der Waals surface area contributed by atoms with Crippen molar-refractivity contribution in [1.82, 2.24) is 4.90 Å². The lowest BCUT2D eigenvalue weighted by molar-refractivity contribution is -0.105. The molecule has 2 aromatic rings. The number of methoxy groups -OCH3 is 1. The highest BCUT2D eigenvalue weighted by Crippen LogP contribution is 2.29. The van der Waals surface area contributed by atoms with Gasteiger partial charge in [0.1, 0.15) is 29.7 Å². The molecule has 0 atom stereocenters. The lowest BCUT2D eigenvalue weighted by Crippen LogP contribution is -2.42. The summed E-state index contributed by atoms with van der Waals surface area (Å²) in [6.07, 6.45) is -4.45. The number of anilines is 1. The molecule has 12 heteroatoms. The Balaban J connectivity index is 2.20. The van der Waals surface area contributed by atoms with Crippen molar-refractivity contribution in [3.8, 4) is 0 Å². The Labute approximate surface area is 171 Å². The molecule has 0 saturated carbocycles. The Morgan fingerprint density at radius 1 is 1.07 bits per heavy atom. The average molecular weight is 452 g/mol. The summed E-state index contributed by atoms with van der Waals surface area (Å²) >= 11 is 0.343. The molecule has 0 fully saturated rings. The third kappa shape index (κ3) is 6.13. The van der Waals surface area contributed by atoms with Crippen molar-refractivity contribution in [2.75, 3.05) is 24.9 Å². The molecule has 0 radical (unpaired) electrons. The number of halogens is 6. The smallest absolute Gasteiger partial charge is 0.364 e. The van der Waals surface area contributed by atoms with E-state index in [4.69, 9.17) is 4.74 Å². The Morgan fingerprint density at radius 3 is 2.23 bits per heavy atom. The highest BCUT2D eigenvalue weighted by molar-refractivity contribution is 7.99. The van der Waals surface area contributed by atoms with Gasteiger partial charge in [-0.1, -0.05) is 6.07 Å². The predicted octanol–water partition coefficient (Wildman–Crippen LogP) is 5.04. The quantitative estimate of drug-likeness (QED) is 0.379. The van der Waals surface area contributed by atoms with E-state index >= 15 is 0 Å². The number of amides is 3. The van der Waals surface area contributed by atoms with Crippen LogP contribution in [0, 0.1) is 17.5 Å². The number of rotatable bonds is 6. The first-order valence-electron chi connectivity index (χ1n) is 8.08. The van der Waals surface area contributed by atoms with Crippen molar-refractivity contribution in [3.05, 3.63) is 59.4 Å². The molecule has 0 bridgehead atoms. The molecular formula is C18H14F6N2O3S. The minimum Gasteiger partial charge on any atom is -0.364 e. The third-order valence-electron chi connectivity index (χ3n) is 3.51. The number of thioether (sulfide) groups is 1. The van der Waals surface area contributed by atoms with Crippen molar-refractivity contribution >= 4 is 29.4 Å². The molecule has 30 heavy (non-hydrogen) atoms. The third-order valence-corrected chi connectivity index (χ3v) is 4.57. The van der Waals surface area contributed by atoms with Gasteiger partial charge in [0.2, 0.25) is 0 Å². The lowest BCUT2D eigenvalue weighted by atomic mass is 10.1. The standard InChI is InChI=1S/C18H14F6N2O3S/c1-29-9-26(16(27)15-11(19)3-2-4-12(15)20)17(28)25-14-6-5-10(7-13(14)21)30-8-18(22,23)24/h2-7H,8-9H2,1H3,(H,25,28). The number of imide groups is 1. The maximum atomic E-state index is 14.2. The van der Waals surface area contributed by atoms with Crippen molar-refractivity contribution in [1.29, 1.82) is 0 Å². The second-order valence-corrected chi connectivity index (χ2v) is 6.77. The summed E-state index contributed by atoms with van der Waals surface area (Å²) in [5, 5.41) is 2.02. The van der Waals surface area contributed by atoms with E-state index in [1.54, 1.807) is 0 Å². The molecule has 0 heterocycles. The summed E-state index contributed by atoms with van der Waals surface area (Å²) in [6, 6.07) is 4.28. The molecule has 0 aromatic heterocycles. The van der Waals surface area contributed by atoms with E-state index < -0.39 is 59.3 Å². The molecule has 5 nitrogen and oxygen atoms in total. The normalized spacial score (nSPS) is 11.3. The van der Waals surface area contributed by atoms with Gasteiger partial charge in [-0.2, -0.15) is 13.2 Å². The molecule has 0 saturated heterocycles. The van der Waals surface area contributed by atoms with Crippen LogP contribution < -0.4 is 5.32 Å². The molecule has 3 amide bonds. The largest absolute Gasteiger partial charge is 0.398 e. The van der Waals surface area contributed by atoms with Crippen LogP contribution in [0.2, 0.25) is 0 Å². The molecule has 2 rings (SSSR count). The monoisotopic (exact) mass is 452 g/mol. The van der Waals surface area contributed by atoms with Crippen LogP contribution >= 0.6 is 11.8 Å². The maximum absolute atomic E-state index is 14.2. The number of nitrogens with zero attached hydrogens (tertiary/aromatic N) is 1. The topological polar surface area (TPSA) is 58.6 Å². The fraction of sp³-hybridized carbons (Fsp3) is 0.222. The Morgan fingerprint density at radius 2 is 1.70 bits per heavy atom. The minimum absolute atomic E-state index is 0.0407. The van der Waals surface area contributed by atoms with Crippen LogP contribution in [-0.4, -0.2) is 42.6 Å². The summed E-state index contributed by atoms with van der Waals surface area (Å²) in [4.78, 5) is 25.1. The van der Waals surface area contributed by atoms with Gasteiger partial charge in [-0.05, 0) is 30.3 Å². The highest BCUT2D eigenvalue weighted by atomic mass is 32.2. The number of carbonyl (C=O) groups is 2. The van der Waals surface area contributed by atoms with Crippen LogP contribution in [0.4, 0.5) is 36.8 Å². The van der Waals surface area contributed by atoms with Crippen LogP contribution in [0.1, 0.15) is 10.4 Å². The Kier molecular flexibility index (Phi) is 7.73. The zero-order valence-electron chi connectivity index (χ0n) is 15.2.